The number of hydrogen-bond donors (Lipinski definition) is 1. The van der Waals surface area contributed by atoms with Gasteiger partial charge in [0.15, 0.2) is 0 Å². The van der Waals surface area contributed by atoms with Crippen LogP contribution in [0, 0.1) is 0 Å². The van der Waals surface area contributed by atoms with Gasteiger partial charge in [0.05, 0.1) is 17.2 Å². The van der Waals surface area contributed by atoms with Crippen LogP contribution in [0.5, 0.6) is 5.75 Å². The fourth-order valence-corrected chi connectivity index (χ4v) is 5.80. The van der Waals surface area contributed by atoms with Crippen molar-refractivity contribution in [3.05, 3.63) is 88.4 Å². The molecule has 0 aliphatic heterocycles. The Morgan fingerprint density at radius 3 is 2.17 bits per heavy atom. The molecule has 0 radical (unpaired) electrons. The standard InChI is InChI=1S/C30H35Cl2N3O5S/c1-6-40-27-14-10-9-13-26(27)35(41(38,39)24-17-15-23(31)16-18-24)20-28(36)34(19-22-11-7-8-12-25(22)32)21(2)29(37)33-30(3,4)5/h7-18,21H,6,19-20H2,1-5H3,(H,33,37)/t21-/m0/s1. The van der Waals surface area contributed by atoms with Gasteiger partial charge in [-0.05, 0) is 82.6 Å². The third-order valence-corrected chi connectivity index (χ3v) is 8.47. The molecule has 220 valence electrons. The van der Waals surface area contributed by atoms with Crippen molar-refractivity contribution in [2.24, 2.45) is 0 Å². The van der Waals surface area contributed by atoms with Crippen LogP contribution in [0.25, 0.3) is 0 Å². The maximum absolute atomic E-state index is 14.1. The number of para-hydroxylation sites is 2. The van der Waals surface area contributed by atoms with E-state index in [0.717, 1.165) is 4.31 Å². The number of rotatable bonds is 11. The van der Waals surface area contributed by atoms with Crippen LogP contribution in [0.2, 0.25) is 10.0 Å². The van der Waals surface area contributed by atoms with Crippen LogP contribution in [0.4, 0.5) is 5.69 Å². The molecule has 8 nitrogen and oxygen atoms in total. The normalized spacial score (nSPS) is 12.4. The average molecular weight is 621 g/mol. The number of hydrogen-bond acceptors (Lipinski definition) is 5. The summed E-state index contributed by atoms with van der Waals surface area (Å²) in [5.74, 6) is -0.707. The molecule has 0 saturated heterocycles. The molecule has 0 bridgehead atoms. The van der Waals surface area contributed by atoms with E-state index in [4.69, 9.17) is 27.9 Å². The van der Waals surface area contributed by atoms with Gasteiger partial charge in [0.2, 0.25) is 11.8 Å². The first-order chi connectivity index (χ1) is 19.2. The Bertz CT molecular complexity index is 1470. The number of halogens is 2. The number of nitrogens with zero attached hydrogens (tertiary/aromatic N) is 2. The molecular weight excluding hydrogens is 585 g/mol. The smallest absolute Gasteiger partial charge is 0.264 e. The summed E-state index contributed by atoms with van der Waals surface area (Å²) in [5, 5.41) is 3.68. The van der Waals surface area contributed by atoms with Crippen LogP contribution in [-0.2, 0) is 26.2 Å². The SMILES string of the molecule is CCOc1ccccc1N(CC(=O)N(Cc1ccccc1Cl)[C@@H](C)C(=O)NC(C)(C)C)S(=O)(=O)c1ccc(Cl)cc1. The summed E-state index contributed by atoms with van der Waals surface area (Å²) in [4.78, 5) is 28.6. The summed E-state index contributed by atoms with van der Waals surface area (Å²) >= 11 is 12.4. The summed E-state index contributed by atoms with van der Waals surface area (Å²) in [6.45, 7) is 8.55. The molecule has 2 amide bonds. The lowest BCUT2D eigenvalue weighted by Crippen LogP contribution is -2.54. The summed E-state index contributed by atoms with van der Waals surface area (Å²) in [6.07, 6.45) is 0. The fourth-order valence-electron chi connectivity index (χ4n) is 4.05. The van der Waals surface area contributed by atoms with Gasteiger partial charge in [0.25, 0.3) is 10.0 Å². The number of anilines is 1. The molecule has 11 heteroatoms. The quantitative estimate of drug-likeness (QED) is 0.287. The van der Waals surface area contributed by atoms with Crippen LogP contribution in [-0.4, -0.2) is 49.9 Å². The zero-order chi connectivity index (χ0) is 30.4. The first-order valence-corrected chi connectivity index (χ1v) is 15.3. The predicted octanol–water partition coefficient (Wildman–Crippen LogP) is 5.92. The second-order valence-corrected chi connectivity index (χ2v) is 13.1. The molecule has 3 rings (SSSR count). The van der Waals surface area contributed by atoms with Crippen molar-refractivity contribution in [1.29, 1.82) is 0 Å². The number of amides is 2. The molecule has 0 spiro atoms. The summed E-state index contributed by atoms with van der Waals surface area (Å²) in [6, 6.07) is 18.3. The highest BCUT2D eigenvalue weighted by Crippen LogP contribution is 2.33. The zero-order valence-corrected chi connectivity index (χ0v) is 26.1. The topological polar surface area (TPSA) is 96.0 Å². The number of benzene rings is 3. The van der Waals surface area contributed by atoms with E-state index in [1.807, 2.05) is 20.8 Å². The van der Waals surface area contributed by atoms with Crippen LogP contribution >= 0.6 is 23.2 Å². The Balaban J connectivity index is 2.10. The molecule has 3 aromatic carbocycles. The number of carbonyl (C=O) groups is 2. The lowest BCUT2D eigenvalue weighted by atomic mass is 10.1. The molecule has 41 heavy (non-hydrogen) atoms. The van der Waals surface area contributed by atoms with E-state index in [9.17, 15) is 18.0 Å². The monoisotopic (exact) mass is 619 g/mol. The largest absolute Gasteiger partial charge is 0.492 e. The molecule has 0 saturated carbocycles. The van der Waals surface area contributed by atoms with Gasteiger partial charge in [-0.15, -0.1) is 0 Å². The molecule has 0 unspecified atom stereocenters. The van der Waals surface area contributed by atoms with Crippen LogP contribution in [0.15, 0.2) is 77.7 Å². The fraction of sp³-hybridized carbons (Fsp3) is 0.333. The van der Waals surface area contributed by atoms with E-state index in [2.05, 4.69) is 5.32 Å². The van der Waals surface area contributed by atoms with Gasteiger partial charge in [-0.3, -0.25) is 13.9 Å². The molecule has 0 aliphatic rings. The van der Waals surface area contributed by atoms with Crippen molar-refractivity contribution in [1.82, 2.24) is 10.2 Å². The van der Waals surface area contributed by atoms with E-state index >= 15 is 0 Å². The zero-order valence-electron chi connectivity index (χ0n) is 23.7. The van der Waals surface area contributed by atoms with Gasteiger partial charge in [-0.2, -0.15) is 0 Å². The van der Waals surface area contributed by atoms with Crippen LogP contribution < -0.4 is 14.4 Å². The maximum Gasteiger partial charge on any atom is 0.264 e. The lowest BCUT2D eigenvalue weighted by Gasteiger charge is -2.34. The first-order valence-electron chi connectivity index (χ1n) is 13.1. The second-order valence-electron chi connectivity index (χ2n) is 10.4. The Hall–Kier alpha value is -3.27. The minimum Gasteiger partial charge on any atom is -0.492 e. The highest BCUT2D eigenvalue weighted by Gasteiger charge is 2.34. The van der Waals surface area contributed by atoms with Gasteiger partial charge >= 0.3 is 0 Å². The Morgan fingerprint density at radius 2 is 1.56 bits per heavy atom. The summed E-state index contributed by atoms with van der Waals surface area (Å²) < 4.78 is 34.8. The van der Waals surface area contributed by atoms with E-state index in [-0.39, 0.29) is 35.4 Å². The van der Waals surface area contributed by atoms with Crippen LogP contribution in [0.1, 0.15) is 40.2 Å². The number of ether oxygens (including phenoxy) is 1. The van der Waals surface area contributed by atoms with E-state index in [1.165, 1.54) is 29.2 Å². The molecule has 0 heterocycles. The van der Waals surface area contributed by atoms with Gasteiger partial charge < -0.3 is 15.0 Å². The highest BCUT2D eigenvalue weighted by molar-refractivity contribution is 7.92. The Morgan fingerprint density at radius 1 is 0.951 bits per heavy atom. The molecule has 0 fully saturated rings. The van der Waals surface area contributed by atoms with E-state index in [1.54, 1.807) is 62.4 Å². The van der Waals surface area contributed by atoms with Gasteiger partial charge in [-0.25, -0.2) is 8.42 Å². The van der Waals surface area contributed by atoms with Crippen molar-refractivity contribution in [2.45, 2.75) is 57.6 Å². The average Bonchev–Trinajstić information content (AvgIpc) is 2.90. The minimum absolute atomic E-state index is 0.0147. The van der Waals surface area contributed by atoms with E-state index < -0.39 is 34.1 Å². The van der Waals surface area contributed by atoms with E-state index in [0.29, 0.717) is 15.6 Å². The molecule has 1 atom stereocenters. The second kappa shape index (κ2) is 13.6. The minimum atomic E-state index is -4.28. The van der Waals surface area contributed by atoms with Crippen molar-refractivity contribution in [3.63, 3.8) is 0 Å². The van der Waals surface area contributed by atoms with Gasteiger partial charge in [0, 0.05) is 22.1 Å². The maximum atomic E-state index is 14.1. The van der Waals surface area contributed by atoms with Gasteiger partial charge in [-0.1, -0.05) is 53.5 Å². The Labute approximate surface area is 252 Å². The molecule has 1 N–H and O–H groups in total. The first kappa shape index (κ1) is 32.2. The molecule has 0 aliphatic carbocycles. The molecular formula is C30H35Cl2N3O5S. The third kappa shape index (κ3) is 8.38. The van der Waals surface area contributed by atoms with Crippen molar-refractivity contribution in [3.8, 4) is 5.75 Å². The van der Waals surface area contributed by atoms with Gasteiger partial charge in [0.1, 0.15) is 18.3 Å². The highest BCUT2D eigenvalue weighted by atomic mass is 35.5. The van der Waals surface area contributed by atoms with Crippen molar-refractivity contribution >= 4 is 50.7 Å². The third-order valence-electron chi connectivity index (χ3n) is 6.08. The lowest BCUT2D eigenvalue weighted by molar-refractivity contribution is -0.140. The number of carbonyl (C=O) groups excluding carboxylic acids is 2. The molecule has 3 aromatic rings. The summed E-state index contributed by atoms with van der Waals surface area (Å²) in [5.41, 5.74) is 0.243. The van der Waals surface area contributed by atoms with Crippen molar-refractivity contribution in [2.75, 3.05) is 17.5 Å². The Kier molecular flexibility index (Phi) is 10.7. The number of sulfonamides is 1. The number of nitrogens with one attached hydrogen (secondary N) is 1. The predicted molar refractivity (Wildman–Crippen MR) is 163 cm³/mol. The van der Waals surface area contributed by atoms with Crippen LogP contribution in [0.3, 0.4) is 0 Å². The van der Waals surface area contributed by atoms with Crippen molar-refractivity contribution < 1.29 is 22.7 Å². The summed E-state index contributed by atoms with van der Waals surface area (Å²) in [7, 11) is -4.28. The molecule has 0 aromatic heterocycles.